The second-order valence-corrected chi connectivity index (χ2v) is 7.64. The van der Waals surface area contributed by atoms with Crippen LogP contribution in [0, 0.1) is 0 Å². The van der Waals surface area contributed by atoms with E-state index in [4.69, 9.17) is 4.99 Å². The predicted octanol–water partition coefficient (Wildman–Crippen LogP) is 1.05. The van der Waals surface area contributed by atoms with E-state index in [0.717, 1.165) is 57.8 Å². The minimum atomic E-state index is 0.515. The van der Waals surface area contributed by atoms with Crippen molar-refractivity contribution in [1.29, 1.82) is 0 Å². The Kier molecular flexibility index (Phi) is 8.99. The van der Waals surface area contributed by atoms with Gasteiger partial charge in [-0.25, -0.2) is 0 Å². The van der Waals surface area contributed by atoms with Crippen LogP contribution < -0.4 is 10.6 Å². The van der Waals surface area contributed by atoms with Crippen molar-refractivity contribution in [3.05, 3.63) is 0 Å². The third-order valence-electron chi connectivity index (χ3n) is 5.70. The van der Waals surface area contributed by atoms with E-state index in [1.165, 1.54) is 32.2 Å². The fraction of sp³-hybridized carbons (Fsp3) is 0.947. The molecule has 6 nitrogen and oxygen atoms in total. The molecule has 2 fully saturated rings. The van der Waals surface area contributed by atoms with Gasteiger partial charge in [0.15, 0.2) is 5.96 Å². The lowest BCUT2D eigenvalue weighted by Crippen LogP contribution is -2.52. The molecular formula is C19H40N6. The van der Waals surface area contributed by atoms with Gasteiger partial charge >= 0.3 is 0 Å². The summed E-state index contributed by atoms with van der Waals surface area (Å²) in [7, 11) is 4.42. The Balaban J connectivity index is 1.78. The van der Waals surface area contributed by atoms with Gasteiger partial charge in [-0.3, -0.25) is 14.8 Å². The smallest absolute Gasteiger partial charge is 0.191 e. The summed E-state index contributed by atoms with van der Waals surface area (Å²) >= 11 is 0. The maximum atomic E-state index is 4.85. The van der Waals surface area contributed by atoms with Crippen LogP contribution in [0.25, 0.3) is 0 Å². The highest BCUT2D eigenvalue weighted by atomic mass is 15.3. The second kappa shape index (κ2) is 11.0. The standard InChI is InChI=1S/C19H40N6/c1-5-17-9-7-8-11-25(17)12-10-21-19(20-6-2)22-15-18-16-23(3)13-14-24(18)4/h17-18H,5-16H2,1-4H3,(H2,20,21,22). The van der Waals surface area contributed by atoms with Crippen molar-refractivity contribution in [2.45, 2.75) is 51.6 Å². The van der Waals surface area contributed by atoms with Crippen molar-refractivity contribution in [1.82, 2.24) is 25.3 Å². The third-order valence-corrected chi connectivity index (χ3v) is 5.70. The molecule has 0 bridgehead atoms. The number of likely N-dealkylation sites (tertiary alicyclic amines) is 1. The van der Waals surface area contributed by atoms with Crippen molar-refractivity contribution in [3.8, 4) is 0 Å². The first-order chi connectivity index (χ1) is 12.1. The Labute approximate surface area is 155 Å². The largest absolute Gasteiger partial charge is 0.357 e. The molecule has 0 aromatic rings. The van der Waals surface area contributed by atoms with Crippen molar-refractivity contribution in [3.63, 3.8) is 0 Å². The summed E-state index contributed by atoms with van der Waals surface area (Å²) in [4.78, 5) is 12.3. The average molecular weight is 353 g/mol. The Bertz CT molecular complexity index is 399. The number of nitrogens with one attached hydrogen (secondary N) is 2. The molecule has 2 unspecified atom stereocenters. The molecule has 6 heteroatoms. The molecule has 2 aliphatic rings. The third kappa shape index (κ3) is 6.76. The van der Waals surface area contributed by atoms with Crippen LogP contribution in [0.5, 0.6) is 0 Å². The molecule has 2 atom stereocenters. The number of rotatable bonds is 7. The summed E-state index contributed by atoms with van der Waals surface area (Å²) in [5.74, 6) is 0.967. The van der Waals surface area contributed by atoms with Gasteiger partial charge in [-0.15, -0.1) is 0 Å². The van der Waals surface area contributed by atoms with Gasteiger partial charge < -0.3 is 15.5 Å². The van der Waals surface area contributed by atoms with Crippen LogP contribution >= 0.6 is 0 Å². The van der Waals surface area contributed by atoms with E-state index >= 15 is 0 Å². The highest BCUT2D eigenvalue weighted by Gasteiger charge is 2.22. The zero-order valence-electron chi connectivity index (χ0n) is 16.9. The van der Waals surface area contributed by atoms with E-state index in [1.807, 2.05) is 0 Å². The zero-order valence-corrected chi connectivity index (χ0v) is 16.9. The molecule has 146 valence electrons. The first-order valence-electron chi connectivity index (χ1n) is 10.3. The molecule has 0 aromatic carbocycles. The van der Waals surface area contributed by atoms with Gasteiger partial charge in [0, 0.05) is 51.4 Å². The molecule has 2 saturated heterocycles. The van der Waals surface area contributed by atoms with Gasteiger partial charge in [-0.05, 0) is 46.8 Å². The topological polar surface area (TPSA) is 46.1 Å². The molecule has 0 aliphatic carbocycles. The number of guanidine groups is 1. The van der Waals surface area contributed by atoms with E-state index in [2.05, 4.69) is 53.3 Å². The number of piperidine rings is 1. The van der Waals surface area contributed by atoms with E-state index in [9.17, 15) is 0 Å². The van der Waals surface area contributed by atoms with Crippen molar-refractivity contribution >= 4 is 5.96 Å². The van der Waals surface area contributed by atoms with E-state index in [0.29, 0.717) is 6.04 Å². The summed E-state index contributed by atoms with van der Waals surface area (Å²) in [5.41, 5.74) is 0. The van der Waals surface area contributed by atoms with Crippen LogP contribution in [0.1, 0.15) is 39.5 Å². The lowest BCUT2D eigenvalue weighted by atomic mass is 10.0. The first-order valence-corrected chi connectivity index (χ1v) is 10.3. The van der Waals surface area contributed by atoms with Gasteiger partial charge in [-0.2, -0.15) is 0 Å². The van der Waals surface area contributed by atoms with Crippen LogP contribution in [0.15, 0.2) is 4.99 Å². The number of hydrogen-bond acceptors (Lipinski definition) is 4. The number of nitrogens with zero attached hydrogens (tertiary/aromatic N) is 4. The maximum absolute atomic E-state index is 4.85. The number of aliphatic imine (C=N–C) groups is 1. The van der Waals surface area contributed by atoms with Crippen LogP contribution in [0.2, 0.25) is 0 Å². The minimum absolute atomic E-state index is 0.515. The summed E-state index contributed by atoms with van der Waals surface area (Å²) < 4.78 is 0. The Morgan fingerprint density at radius 3 is 2.64 bits per heavy atom. The van der Waals surface area contributed by atoms with Crippen LogP contribution in [-0.4, -0.2) is 99.2 Å². The average Bonchev–Trinajstić information content (AvgIpc) is 2.62. The Morgan fingerprint density at radius 2 is 1.88 bits per heavy atom. The van der Waals surface area contributed by atoms with Crippen LogP contribution in [0.4, 0.5) is 0 Å². The molecular weight excluding hydrogens is 312 g/mol. The van der Waals surface area contributed by atoms with Crippen LogP contribution in [0.3, 0.4) is 0 Å². The molecule has 25 heavy (non-hydrogen) atoms. The Morgan fingerprint density at radius 1 is 1.04 bits per heavy atom. The lowest BCUT2D eigenvalue weighted by Gasteiger charge is -2.37. The molecule has 0 saturated carbocycles. The SMILES string of the molecule is CCNC(=NCC1CN(C)CCN1C)NCCN1CCCCC1CC. The summed E-state index contributed by atoms with van der Waals surface area (Å²) in [6.07, 6.45) is 5.39. The van der Waals surface area contributed by atoms with E-state index < -0.39 is 0 Å². The molecule has 2 rings (SSSR count). The first kappa shape index (κ1) is 20.5. The number of hydrogen-bond donors (Lipinski definition) is 2. The molecule has 2 aliphatic heterocycles. The van der Waals surface area contributed by atoms with Gasteiger partial charge in [0.25, 0.3) is 0 Å². The summed E-state index contributed by atoms with van der Waals surface area (Å²) in [5, 5.41) is 6.94. The number of likely N-dealkylation sites (N-methyl/N-ethyl adjacent to an activating group) is 2. The van der Waals surface area contributed by atoms with Gasteiger partial charge in [-0.1, -0.05) is 13.3 Å². The molecule has 0 aromatic heterocycles. The monoisotopic (exact) mass is 352 g/mol. The summed E-state index contributed by atoms with van der Waals surface area (Å²) in [6, 6.07) is 1.29. The summed E-state index contributed by atoms with van der Waals surface area (Å²) in [6.45, 7) is 13.0. The second-order valence-electron chi connectivity index (χ2n) is 7.64. The van der Waals surface area contributed by atoms with E-state index in [1.54, 1.807) is 0 Å². The quantitative estimate of drug-likeness (QED) is 0.530. The minimum Gasteiger partial charge on any atom is -0.357 e. The van der Waals surface area contributed by atoms with Gasteiger partial charge in [0.05, 0.1) is 6.54 Å². The predicted molar refractivity (Wildman–Crippen MR) is 107 cm³/mol. The lowest BCUT2D eigenvalue weighted by molar-refractivity contribution is 0.119. The zero-order chi connectivity index (χ0) is 18.1. The fourth-order valence-electron chi connectivity index (χ4n) is 3.97. The Hall–Kier alpha value is -0.850. The molecule has 0 spiro atoms. The van der Waals surface area contributed by atoms with Crippen molar-refractivity contribution < 1.29 is 0 Å². The highest BCUT2D eigenvalue weighted by Crippen LogP contribution is 2.18. The van der Waals surface area contributed by atoms with Crippen LogP contribution in [-0.2, 0) is 0 Å². The van der Waals surface area contributed by atoms with Gasteiger partial charge in [0.1, 0.15) is 0 Å². The molecule has 2 heterocycles. The number of piperazine rings is 1. The van der Waals surface area contributed by atoms with E-state index in [-0.39, 0.29) is 0 Å². The molecule has 0 radical (unpaired) electrons. The molecule has 2 N–H and O–H groups in total. The van der Waals surface area contributed by atoms with Gasteiger partial charge in [0.2, 0.25) is 0 Å². The normalized spacial score (nSPS) is 27.4. The highest BCUT2D eigenvalue weighted by molar-refractivity contribution is 5.79. The maximum Gasteiger partial charge on any atom is 0.191 e. The van der Waals surface area contributed by atoms with Crippen molar-refractivity contribution in [2.24, 2.45) is 4.99 Å². The van der Waals surface area contributed by atoms with Crippen molar-refractivity contribution in [2.75, 3.05) is 66.5 Å². The molecule has 0 amide bonds. The fourth-order valence-corrected chi connectivity index (χ4v) is 3.97.